The van der Waals surface area contributed by atoms with Crippen molar-refractivity contribution in [2.75, 3.05) is 20.8 Å². The number of methoxy groups -OCH3 is 1. The van der Waals surface area contributed by atoms with Crippen molar-refractivity contribution in [3.8, 4) is 0 Å². The second-order valence-electron chi connectivity index (χ2n) is 1.74. The molecular formula is C7H12N2O2. The van der Waals surface area contributed by atoms with Gasteiger partial charge in [-0.3, -0.25) is 4.99 Å². The number of rotatable bonds is 4. The highest BCUT2D eigenvalue weighted by Gasteiger charge is 1.99. The van der Waals surface area contributed by atoms with Crippen molar-refractivity contribution in [1.29, 1.82) is 0 Å². The lowest BCUT2D eigenvalue weighted by Crippen LogP contribution is -1.98. The third-order valence-electron chi connectivity index (χ3n) is 1.07. The van der Waals surface area contributed by atoms with E-state index in [4.69, 9.17) is 9.84 Å². The minimum Gasteiger partial charge on any atom is -0.481 e. The van der Waals surface area contributed by atoms with E-state index in [1.54, 1.807) is 7.05 Å². The monoisotopic (exact) mass is 156 g/mol. The van der Waals surface area contributed by atoms with Gasteiger partial charge in [-0.05, 0) is 6.72 Å². The molecule has 0 aromatic carbocycles. The molecule has 0 heterocycles. The number of hydrogen-bond donors (Lipinski definition) is 1. The van der Waals surface area contributed by atoms with Crippen LogP contribution in [0.2, 0.25) is 0 Å². The Labute approximate surface area is 65.9 Å². The van der Waals surface area contributed by atoms with E-state index in [1.807, 2.05) is 0 Å². The Morgan fingerprint density at radius 1 is 1.73 bits per heavy atom. The average molecular weight is 156 g/mol. The van der Waals surface area contributed by atoms with Crippen molar-refractivity contribution in [2.45, 2.75) is 0 Å². The smallest absolute Gasteiger partial charge is 0.219 e. The summed E-state index contributed by atoms with van der Waals surface area (Å²) in [5, 5.41) is 8.77. The minimum absolute atomic E-state index is 0.153. The van der Waals surface area contributed by atoms with E-state index in [9.17, 15) is 0 Å². The number of aliphatic imine (C=N–C) groups is 2. The first-order chi connectivity index (χ1) is 5.29. The Hall–Kier alpha value is -1.16. The van der Waals surface area contributed by atoms with Crippen LogP contribution in [0.3, 0.4) is 0 Å². The van der Waals surface area contributed by atoms with Gasteiger partial charge in [0.15, 0.2) is 0 Å². The summed E-state index contributed by atoms with van der Waals surface area (Å²) in [6, 6.07) is 0. The highest BCUT2D eigenvalue weighted by molar-refractivity contribution is 5.79. The number of hydrogen-bond acceptors (Lipinski definition) is 4. The Kier molecular flexibility index (Phi) is 5.02. The fourth-order valence-electron chi connectivity index (χ4n) is 0.617. The van der Waals surface area contributed by atoms with Crippen molar-refractivity contribution in [3.63, 3.8) is 0 Å². The van der Waals surface area contributed by atoms with E-state index < -0.39 is 0 Å². The zero-order valence-corrected chi connectivity index (χ0v) is 6.74. The van der Waals surface area contributed by atoms with Crippen LogP contribution in [0.5, 0.6) is 0 Å². The second-order valence-corrected chi connectivity index (χ2v) is 1.74. The summed E-state index contributed by atoms with van der Waals surface area (Å²) < 4.78 is 4.80. The van der Waals surface area contributed by atoms with Crippen molar-refractivity contribution < 1.29 is 9.84 Å². The van der Waals surface area contributed by atoms with Crippen LogP contribution >= 0.6 is 0 Å². The summed E-state index contributed by atoms with van der Waals surface area (Å²) in [5.74, 6) is 0.304. The second kappa shape index (κ2) is 5.61. The molecule has 0 radical (unpaired) electrons. The molecule has 0 aromatic heterocycles. The van der Waals surface area contributed by atoms with Crippen molar-refractivity contribution in [1.82, 2.24) is 0 Å². The van der Waals surface area contributed by atoms with Gasteiger partial charge in [-0.15, -0.1) is 0 Å². The van der Waals surface area contributed by atoms with Gasteiger partial charge in [-0.1, -0.05) is 0 Å². The van der Waals surface area contributed by atoms with Crippen molar-refractivity contribution in [2.24, 2.45) is 9.98 Å². The molecule has 0 saturated carbocycles. The number of aliphatic hydroxyl groups is 1. The predicted molar refractivity (Wildman–Crippen MR) is 45.1 cm³/mol. The zero-order chi connectivity index (χ0) is 8.69. The van der Waals surface area contributed by atoms with Crippen LogP contribution in [-0.4, -0.2) is 38.8 Å². The van der Waals surface area contributed by atoms with E-state index in [0.29, 0.717) is 11.5 Å². The normalized spacial score (nSPS) is 13.0. The van der Waals surface area contributed by atoms with E-state index in [0.717, 1.165) is 0 Å². The molecule has 0 saturated heterocycles. The summed E-state index contributed by atoms with van der Waals surface area (Å²) in [6.07, 6.45) is 1.48. The Morgan fingerprint density at radius 3 is 2.64 bits per heavy atom. The molecule has 0 atom stereocenters. The molecule has 1 N–H and O–H groups in total. The summed E-state index contributed by atoms with van der Waals surface area (Å²) >= 11 is 0. The quantitative estimate of drug-likeness (QED) is 0.468. The third kappa shape index (κ3) is 2.95. The lowest BCUT2D eigenvalue weighted by Gasteiger charge is -2.01. The highest BCUT2D eigenvalue weighted by atomic mass is 16.5. The van der Waals surface area contributed by atoms with Crippen molar-refractivity contribution >= 4 is 12.9 Å². The first-order valence-electron chi connectivity index (χ1n) is 3.07. The fourth-order valence-corrected chi connectivity index (χ4v) is 0.617. The Bertz CT molecular complexity index is 185. The molecule has 0 aromatic rings. The summed E-state index contributed by atoms with van der Waals surface area (Å²) in [4.78, 5) is 7.27. The molecule has 0 bridgehead atoms. The molecule has 4 nitrogen and oxygen atoms in total. The molecule has 11 heavy (non-hydrogen) atoms. The van der Waals surface area contributed by atoms with E-state index in [-0.39, 0.29) is 6.61 Å². The zero-order valence-electron chi connectivity index (χ0n) is 6.74. The number of ether oxygens (including phenoxy) is 1. The maximum atomic E-state index is 8.77. The molecule has 0 aliphatic rings. The molecule has 62 valence electrons. The Morgan fingerprint density at radius 2 is 2.36 bits per heavy atom. The van der Waals surface area contributed by atoms with Crippen LogP contribution < -0.4 is 0 Å². The topological polar surface area (TPSA) is 54.2 Å². The summed E-state index contributed by atoms with van der Waals surface area (Å²) in [5.41, 5.74) is 0.519. The molecule has 0 unspecified atom stereocenters. The van der Waals surface area contributed by atoms with Crippen molar-refractivity contribution in [3.05, 3.63) is 11.5 Å². The van der Waals surface area contributed by atoms with Gasteiger partial charge in [0.1, 0.15) is 0 Å². The van der Waals surface area contributed by atoms with Gasteiger partial charge in [-0.25, -0.2) is 4.99 Å². The first kappa shape index (κ1) is 9.84. The van der Waals surface area contributed by atoms with E-state index >= 15 is 0 Å². The summed E-state index contributed by atoms with van der Waals surface area (Å²) in [6.45, 7) is 3.12. The molecular weight excluding hydrogens is 144 g/mol. The lowest BCUT2D eigenvalue weighted by atomic mass is 10.3. The van der Waals surface area contributed by atoms with Crippen LogP contribution in [0, 0.1) is 0 Å². The van der Waals surface area contributed by atoms with E-state index in [2.05, 4.69) is 16.7 Å². The van der Waals surface area contributed by atoms with Gasteiger partial charge < -0.3 is 9.84 Å². The first-order valence-corrected chi connectivity index (χ1v) is 3.07. The number of nitrogens with zero attached hydrogens (tertiary/aromatic N) is 2. The average Bonchev–Trinajstić information content (AvgIpc) is 2.05. The van der Waals surface area contributed by atoms with Gasteiger partial charge in [-0.2, -0.15) is 0 Å². The SMILES string of the molecule is C=N/C(OC)=C(\C=N/C)CO. The highest BCUT2D eigenvalue weighted by Crippen LogP contribution is 2.02. The van der Waals surface area contributed by atoms with Gasteiger partial charge in [0, 0.05) is 13.3 Å². The third-order valence-corrected chi connectivity index (χ3v) is 1.07. The van der Waals surface area contributed by atoms with Crippen LogP contribution in [0.4, 0.5) is 0 Å². The van der Waals surface area contributed by atoms with Gasteiger partial charge in [0.25, 0.3) is 0 Å². The van der Waals surface area contributed by atoms with E-state index in [1.165, 1.54) is 13.3 Å². The Balaban J connectivity index is 4.61. The molecule has 0 amide bonds. The predicted octanol–water partition coefficient (Wildman–Crippen LogP) is 0.238. The maximum Gasteiger partial charge on any atom is 0.219 e. The minimum atomic E-state index is -0.153. The summed E-state index contributed by atoms with van der Waals surface area (Å²) in [7, 11) is 3.06. The van der Waals surface area contributed by atoms with Crippen LogP contribution in [0.15, 0.2) is 21.4 Å². The largest absolute Gasteiger partial charge is 0.481 e. The lowest BCUT2D eigenvalue weighted by molar-refractivity contribution is 0.271. The molecule has 0 rings (SSSR count). The van der Waals surface area contributed by atoms with Crippen LogP contribution in [0.25, 0.3) is 0 Å². The van der Waals surface area contributed by atoms with Gasteiger partial charge >= 0.3 is 0 Å². The van der Waals surface area contributed by atoms with Crippen LogP contribution in [-0.2, 0) is 4.74 Å². The van der Waals surface area contributed by atoms with Crippen LogP contribution in [0.1, 0.15) is 0 Å². The van der Waals surface area contributed by atoms with Gasteiger partial charge in [0.05, 0.1) is 19.3 Å². The molecule has 0 aliphatic carbocycles. The molecule has 0 aliphatic heterocycles. The standard InChI is InChI=1S/C7H12N2O2/c1-8-4-6(5-10)7(9-2)11-3/h4,10H,2,5H2,1,3H3/b7-6-,8-4-. The number of aliphatic hydroxyl groups excluding tert-OH is 1. The fraction of sp³-hybridized carbons (Fsp3) is 0.429. The molecule has 0 fully saturated rings. The maximum absolute atomic E-state index is 8.77. The molecule has 0 spiro atoms. The molecule has 4 heteroatoms. The van der Waals surface area contributed by atoms with Gasteiger partial charge in [0.2, 0.25) is 5.88 Å².